The van der Waals surface area contributed by atoms with Gasteiger partial charge in [0.15, 0.2) is 0 Å². The first-order valence-electron chi connectivity index (χ1n) is 3.53. The number of carbonyl (C=O) groups excluding carboxylic acids is 1. The quantitative estimate of drug-likeness (QED) is 0.533. The summed E-state index contributed by atoms with van der Waals surface area (Å²) < 4.78 is 12.5. The molecule has 3 nitrogen and oxygen atoms in total. The molecule has 0 amide bonds. The van der Waals surface area contributed by atoms with Crippen LogP contribution < -0.4 is 5.32 Å². The van der Waals surface area contributed by atoms with Crippen LogP contribution in [0.3, 0.4) is 0 Å². The summed E-state index contributed by atoms with van der Waals surface area (Å²) >= 11 is 0. The van der Waals surface area contributed by atoms with E-state index in [1.165, 1.54) is 12.1 Å². The van der Waals surface area contributed by atoms with Crippen LogP contribution in [0.2, 0.25) is 0 Å². The van der Waals surface area contributed by atoms with E-state index in [0.717, 1.165) is 0 Å². The summed E-state index contributed by atoms with van der Waals surface area (Å²) in [6.07, 6.45) is 0.682. The molecule has 1 N–H and O–H groups in total. The number of aldehydes is 1. The largest absolute Gasteiger partial charge is 0.306 e. The van der Waals surface area contributed by atoms with Crippen molar-refractivity contribution >= 4 is 6.29 Å². The molecule has 1 atom stereocenters. The molecule has 1 rings (SSSR count). The molecule has 1 heterocycles. The van der Waals surface area contributed by atoms with Gasteiger partial charge in [-0.3, -0.25) is 0 Å². The van der Waals surface area contributed by atoms with Gasteiger partial charge >= 0.3 is 0 Å². The number of likely N-dealkylation sites (N-methyl/N-ethyl adjacent to an activating group) is 1. The van der Waals surface area contributed by atoms with E-state index in [2.05, 4.69) is 10.3 Å². The van der Waals surface area contributed by atoms with Crippen molar-refractivity contribution < 1.29 is 9.18 Å². The van der Waals surface area contributed by atoms with Crippen LogP contribution in [0.5, 0.6) is 0 Å². The number of halogens is 1. The number of hydrogen-bond donors (Lipinski definition) is 1. The van der Waals surface area contributed by atoms with Crippen molar-refractivity contribution in [2.75, 3.05) is 7.05 Å². The molecule has 0 bridgehead atoms. The molecule has 12 heavy (non-hydrogen) atoms. The highest BCUT2D eigenvalue weighted by Crippen LogP contribution is 2.06. The zero-order chi connectivity index (χ0) is 8.97. The summed E-state index contributed by atoms with van der Waals surface area (Å²) in [6, 6.07) is 3.83. The van der Waals surface area contributed by atoms with Gasteiger partial charge in [0.1, 0.15) is 12.3 Å². The third-order valence-corrected chi connectivity index (χ3v) is 1.50. The lowest BCUT2D eigenvalue weighted by molar-refractivity contribution is -0.109. The SMILES string of the molecule is CN[C@H](C=O)c1cccc(F)n1. The van der Waals surface area contributed by atoms with E-state index in [9.17, 15) is 9.18 Å². The number of nitrogens with zero attached hydrogens (tertiary/aromatic N) is 1. The highest BCUT2D eigenvalue weighted by Gasteiger charge is 2.08. The number of aromatic nitrogens is 1. The number of rotatable bonds is 3. The lowest BCUT2D eigenvalue weighted by Crippen LogP contribution is -2.18. The minimum Gasteiger partial charge on any atom is -0.306 e. The van der Waals surface area contributed by atoms with Gasteiger partial charge < -0.3 is 10.1 Å². The van der Waals surface area contributed by atoms with Crippen molar-refractivity contribution in [2.24, 2.45) is 0 Å². The topological polar surface area (TPSA) is 42.0 Å². The second-order valence-electron chi connectivity index (χ2n) is 2.29. The number of nitrogens with one attached hydrogen (secondary N) is 1. The smallest absolute Gasteiger partial charge is 0.213 e. The Balaban J connectivity index is 2.93. The normalized spacial score (nSPS) is 12.5. The Labute approximate surface area is 69.6 Å². The van der Waals surface area contributed by atoms with Gasteiger partial charge in [-0.05, 0) is 19.2 Å². The third kappa shape index (κ3) is 1.85. The summed E-state index contributed by atoms with van der Waals surface area (Å²) in [7, 11) is 1.62. The monoisotopic (exact) mass is 168 g/mol. The third-order valence-electron chi connectivity index (χ3n) is 1.50. The fraction of sp³-hybridized carbons (Fsp3) is 0.250. The maximum absolute atomic E-state index is 12.5. The molecule has 0 radical (unpaired) electrons. The number of pyridine rings is 1. The van der Waals surface area contributed by atoms with Gasteiger partial charge in [-0.25, -0.2) is 4.98 Å². The minimum atomic E-state index is -0.574. The lowest BCUT2D eigenvalue weighted by atomic mass is 10.2. The van der Waals surface area contributed by atoms with Gasteiger partial charge in [-0.2, -0.15) is 4.39 Å². The molecule has 0 unspecified atom stereocenters. The van der Waals surface area contributed by atoms with E-state index in [4.69, 9.17) is 0 Å². The van der Waals surface area contributed by atoms with Crippen LogP contribution in [0.1, 0.15) is 11.7 Å². The zero-order valence-corrected chi connectivity index (χ0v) is 6.62. The Morgan fingerprint density at radius 1 is 1.67 bits per heavy atom. The van der Waals surface area contributed by atoms with Gasteiger partial charge in [0.2, 0.25) is 5.95 Å². The van der Waals surface area contributed by atoms with Gasteiger partial charge in [-0.1, -0.05) is 6.07 Å². The van der Waals surface area contributed by atoms with Crippen LogP contribution in [0.15, 0.2) is 18.2 Å². The molecule has 0 aliphatic rings. The van der Waals surface area contributed by atoms with Crippen molar-refractivity contribution in [3.8, 4) is 0 Å². The molecule has 0 aromatic carbocycles. The molecule has 0 saturated carbocycles. The molecular weight excluding hydrogens is 159 g/mol. The Morgan fingerprint density at radius 2 is 2.42 bits per heavy atom. The lowest BCUT2D eigenvalue weighted by Gasteiger charge is -2.06. The fourth-order valence-electron chi connectivity index (χ4n) is 0.883. The second kappa shape index (κ2) is 3.92. The molecule has 0 aliphatic carbocycles. The van der Waals surface area contributed by atoms with Crippen LogP contribution >= 0.6 is 0 Å². The predicted molar refractivity (Wildman–Crippen MR) is 42.1 cm³/mol. The molecule has 1 aromatic rings. The molecule has 0 spiro atoms. The van der Waals surface area contributed by atoms with E-state index < -0.39 is 12.0 Å². The first-order chi connectivity index (χ1) is 5.77. The van der Waals surface area contributed by atoms with Crippen molar-refractivity contribution in [2.45, 2.75) is 6.04 Å². The van der Waals surface area contributed by atoms with Crippen LogP contribution in [0.4, 0.5) is 4.39 Å². The highest BCUT2D eigenvalue weighted by atomic mass is 19.1. The minimum absolute atomic E-state index is 0.396. The summed E-state index contributed by atoms with van der Waals surface area (Å²) in [4.78, 5) is 14.0. The Kier molecular flexibility index (Phi) is 2.88. The zero-order valence-electron chi connectivity index (χ0n) is 6.62. The molecule has 64 valence electrons. The van der Waals surface area contributed by atoms with Gasteiger partial charge in [0, 0.05) is 0 Å². The molecule has 0 aliphatic heterocycles. The average Bonchev–Trinajstić information content (AvgIpc) is 2.07. The Bertz CT molecular complexity index is 278. The number of carbonyl (C=O) groups is 1. The van der Waals surface area contributed by atoms with Gasteiger partial charge in [0.25, 0.3) is 0 Å². The van der Waals surface area contributed by atoms with Crippen molar-refractivity contribution in [1.29, 1.82) is 0 Å². The summed E-state index contributed by atoms with van der Waals surface area (Å²) in [5.41, 5.74) is 0.396. The van der Waals surface area contributed by atoms with Gasteiger partial charge in [-0.15, -0.1) is 0 Å². The Morgan fingerprint density at radius 3 is 2.92 bits per heavy atom. The Hall–Kier alpha value is -1.29. The predicted octanol–water partition coefficient (Wildman–Crippen LogP) is 0.680. The molecule has 0 saturated heterocycles. The average molecular weight is 168 g/mol. The summed E-state index contributed by atoms with van der Waals surface area (Å²) in [6.45, 7) is 0. The first-order valence-corrected chi connectivity index (χ1v) is 3.53. The van der Waals surface area contributed by atoms with E-state index in [1.807, 2.05) is 0 Å². The van der Waals surface area contributed by atoms with Crippen LogP contribution in [0, 0.1) is 5.95 Å². The van der Waals surface area contributed by atoms with E-state index in [1.54, 1.807) is 13.1 Å². The molecule has 4 heteroatoms. The van der Waals surface area contributed by atoms with Crippen molar-refractivity contribution in [3.63, 3.8) is 0 Å². The maximum atomic E-state index is 12.5. The van der Waals surface area contributed by atoms with Gasteiger partial charge in [0.05, 0.1) is 5.69 Å². The van der Waals surface area contributed by atoms with Crippen LogP contribution in [-0.2, 0) is 4.79 Å². The van der Waals surface area contributed by atoms with Crippen LogP contribution in [0.25, 0.3) is 0 Å². The fourth-order valence-corrected chi connectivity index (χ4v) is 0.883. The van der Waals surface area contributed by atoms with E-state index >= 15 is 0 Å². The molecule has 0 fully saturated rings. The summed E-state index contributed by atoms with van der Waals surface area (Å²) in [5.74, 6) is -0.574. The molecule has 1 aromatic heterocycles. The second-order valence-corrected chi connectivity index (χ2v) is 2.29. The highest BCUT2D eigenvalue weighted by molar-refractivity contribution is 5.59. The van der Waals surface area contributed by atoms with Crippen LogP contribution in [-0.4, -0.2) is 18.3 Å². The van der Waals surface area contributed by atoms with Crippen molar-refractivity contribution in [1.82, 2.24) is 10.3 Å². The van der Waals surface area contributed by atoms with E-state index in [-0.39, 0.29) is 0 Å². The number of hydrogen-bond acceptors (Lipinski definition) is 3. The summed E-state index contributed by atoms with van der Waals surface area (Å²) in [5, 5.41) is 2.70. The van der Waals surface area contributed by atoms with Crippen molar-refractivity contribution in [3.05, 3.63) is 29.8 Å². The molecular formula is C8H9FN2O. The van der Waals surface area contributed by atoms with E-state index in [0.29, 0.717) is 12.0 Å². The maximum Gasteiger partial charge on any atom is 0.213 e. The standard InChI is InChI=1S/C8H9FN2O/c1-10-7(5-12)6-3-2-4-8(9)11-6/h2-5,7,10H,1H3/t7-/m1/s1. The first kappa shape index (κ1) is 8.80.